The highest BCUT2D eigenvalue weighted by Crippen LogP contribution is 2.12. The Morgan fingerprint density at radius 2 is 2.17 bits per heavy atom. The van der Waals surface area contributed by atoms with Crippen LogP contribution in [-0.2, 0) is 19.9 Å². The summed E-state index contributed by atoms with van der Waals surface area (Å²) < 4.78 is 1.85. The summed E-state index contributed by atoms with van der Waals surface area (Å²) in [6.07, 6.45) is 3.91. The fourth-order valence-corrected chi connectivity index (χ4v) is 2.71. The molecule has 1 unspecified atom stereocenters. The van der Waals surface area contributed by atoms with Gasteiger partial charge in [0.15, 0.2) is 0 Å². The summed E-state index contributed by atoms with van der Waals surface area (Å²) >= 11 is 1.72. The van der Waals surface area contributed by atoms with Crippen LogP contribution in [0.2, 0.25) is 0 Å². The van der Waals surface area contributed by atoms with Crippen LogP contribution in [0.1, 0.15) is 23.3 Å². The maximum absolute atomic E-state index is 4.53. The molecule has 2 aromatic rings. The minimum absolute atomic E-state index is 0.409. The van der Waals surface area contributed by atoms with Gasteiger partial charge in [-0.3, -0.25) is 4.68 Å². The molecule has 0 saturated heterocycles. The van der Waals surface area contributed by atoms with Gasteiger partial charge in [0.25, 0.3) is 0 Å². The normalized spacial score (nSPS) is 12.8. The Hall–Kier alpha value is -1.20. The van der Waals surface area contributed by atoms with Crippen molar-refractivity contribution in [1.29, 1.82) is 0 Å². The number of nitrogens with zero attached hydrogens (tertiary/aromatic N) is 3. The summed E-state index contributed by atoms with van der Waals surface area (Å²) in [5, 5.41) is 11.2. The van der Waals surface area contributed by atoms with Gasteiger partial charge < -0.3 is 5.32 Å². The molecule has 0 aliphatic rings. The number of likely N-dealkylation sites (N-methyl/N-ethyl adjacent to an activating group) is 1. The van der Waals surface area contributed by atoms with Crippen molar-refractivity contribution in [2.24, 2.45) is 7.05 Å². The number of hydrogen-bond acceptors (Lipinski definition) is 4. The maximum Gasteiger partial charge on any atom is 0.0897 e. The zero-order valence-corrected chi connectivity index (χ0v) is 12.0. The first-order valence-electron chi connectivity index (χ1n) is 6.30. The van der Waals surface area contributed by atoms with Crippen LogP contribution in [0.25, 0.3) is 0 Å². The van der Waals surface area contributed by atoms with E-state index in [1.165, 1.54) is 5.69 Å². The molecule has 0 saturated carbocycles. The van der Waals surface area contributed by atoms with E-state index < -0.39 is 0 Å². The maximum atomic E-state index is 4.53. The van der Waals surface area contributed by atoms with Crippen LogP contribution >= 0.6 is 11.3 Å². The molecule has 98 valence electrons. The largest absolute Gasteiger partial charge is 0.313 e. The third-order valence-electron chi connectivity index (χ3n) is 2.84. The van der Waals surface area contributed by atoms with E-state index in [4.69, 9.17) is 0 Å². The smallest absolute Gasteiger partial charge is 0.0897 e. The van der Waals surface area contributed by atoms with Crippen LogP contribution in [0.3, 0.4) is 0 Å². The lowest BCUT2D eigenvalue weighted by Crippen LogP contribution is -2.33. The third-order valence-corrected chi connectivity index (χ3v) is 3.66. The molecule has 0 aliphatic carbocycles. The number of rotatable bonds is 6. The molecule has 4 nitrogen and oxygen atoms in total. The topological polar surface area (TPSA) is 42.7 Å². The van der Waals surface area contributed by atoms with E-state index in [9.17, 15) is 0 Å². The van der Waals surface area contributed by atoms with E-state index in [-0.39, 0.29) is 0 Å². The van der Waals surface area contributed by atoms with E-state index in [2.05, 4.69) is 40.7 Å². The molecule has 1 atom stereocenters. The SMILES string of the molecule is CCNC(Cc1csc(C)n1)Cc1ccn(C)n1. The Balaban J connectivity index is 1.99. The highest BCUT2D eigenvalue weighted by Gasteiger charge is 2.12. The van der Waals surface area contributed by atoms with Crippen LogP contribution in [0.15, 0.2) is 17.6 Å². The van der Waals surface area contributed by atoms with E-state index >= 15 is 0 Å². The molecule has 0 fully saturated rings. The highest BCUT2D eigenvalue weighted by atomic mass is 32.1. The molecule has 2 rings (SSSR count). The minimum atomic E-state index is 0.409. The monoisotopic (exact) mass is 264 g/mol. The first kappa shape index (κ1) is 13.2. The lowest BCUT2D eigenvalue weighted by molar-refractivity contribution is 0.509. The molecule has 0 aromatic carbocycles. The summed E-state index contributed by atoms with van der Waals surface area (Å²) in [6.45, 7) is 5.16. The quantitative estimate of drug-likeness (QED) is 0.867. The third kappa shape index (κ3) is 3.65. The molecule has 0 spiro atoms. The Morgan fingerprint density at radius 1 is 1.39 bits per heavy atom. The lowest BCUT2D eigenvalue weighted by atomic mass is 10.1. The molecule has 0 aliphatic heterocycles. The van der Waals surface area contributed by atoms with E-state index in [0.717, 1.165) is 30.1 Å². The van der Waals surface area contributed by atoms with Gasteiger partial charge in [-0.15, -0.1) is 11.3 Å². The molecule has 5 heteroatoms. The summed E-state index contributed by atoms with van der Waals surface area (Å²) in [5.41, 5.74) is 2.31. The number of hydrogen-bond donors (Lipinski definition) is 1. The van der Waals surface area contributed by atoms with E-state index in [1.807, 2.05) is 17.9 Å². The molecule has 1 N–H and O–H groups in total. The Bertz CT molecular complexity index is 446. The average molecular weight is 264 g/mol. The van der Waals surface area contributed by atoms with Crippen molar-refractivity contribution < 1.29 is 0 Å². The lowest BCUT2D eigenvalue weighted by Gasteiger charge is -2.15. The van der Waals surface area contributed by atoms with Gasteiger partial charge in [-0.25, -0.2) is 4.98 Å². The number of nitrogens with one attached hydrogen (secondary N) is 1. The predicted octanol–water partition coefficient (Wildman–Crippen LogP) is 1.95. The van der Waals surface area contributed by atoms with Gasteiger partial charge in [-0.2, -0.15) is 5.10 Å². The molecular formula is C13H20N4S. The van der Waals surface area contributed by atoms with Gasteiger partial charge in [0, 0.05) is 37.5 Å². The predicted molar refractivity (Wildman–Crippen MR) is 74.9 cm³/mol. The number of thiazole rings is 1. The molecule has 0 radical (unpaired) electrons. The van der Waals surface area contributed by atoms with Crippen molar-refractivity contribution in [2.45, 2.75) is 32.7 Å². The fraction of sp³-hybridized carbons (Fsp3) is 0.538. The summed E-state index contributed by atoms with van der Waals surface area (Å²) in [6, 6.07) is 2.49. The molecule has 2 aromatic heterocycles. The summed E-state index contributed by atoms with van der Waals surface area (Å²) in [5.74, 6) is 0. The molecule has 2 heterocycles. The fourth-order valence-electron chi connectivity index (χ4n) is 2.08. The highest BCUT2D eigenvalue weighted by molar-refractivity contribution is 7.09. The average Bonchev–Trinajstić information content (AvgIpc) is 2.89. The van der Waals surface area contributed by atoms with Gasteiger partial charge in [0.1, 0.15) is 0 Å². The second-order valence-electron chi connectivity index (χ2n) is 4.50. The molecule has 0 bridgehead atoms. The van der Waals surface area contributed by atoms with Crippen LogP contribution in [-0.4, -0.2) is 27.4 Å². The standard InChI is InChI=1S/C13H20N4S/c1-4-14-12(7-11-5-6-17(3)16-11)8-13-9-18-10(2)15-13/h5-6,9,12,14H,4,7-8H2,1-3H3. The van der Waals surface area contributed by atoms with Crippen molar-refractivity contribution in [2.75, 3.05) is 6.54 Å². The van der Waals surface area contributed by atoms with E-state index in [0.29, 0.717) is 6.04 Å². The Kier molecular flexibility index (Phi) is 4.49. The second kappa shape index (κ2) is 6.11. The van der Waals surface area contributed by atoms with Crippen molar-refractivity contribution in [1.82, 2.24) is 20.1 Å². The molecule has 0 amide bonds. The van der Waals surface area contributed by atoms with Crippen molar-refractivity contribution >= 4 is 11.3 Å². The first-order chi connectivity index (χ1) is 8.67. The van der Waals surface area contributed by atoms with Crippen LogP contribution in [0.4, 0.5) is 0 Å². The van der Waals surface area contributed by atoms with Gasteiger partial charge in [-0.05, 0) is 19.5 Å². The zero-order chi connectivity index (χ0) is 13.0. The van der Waals surface area contributed by atoms with Crippen molar-refractivity contribution in [3.05, 3.63) is 34.0 Å². The van der Waals surface area contributed by atoms with Gasteiger partial charge in [0.05, 0.1) is 16.4 Å². The summed E-state index contributed by atoms with van der Waals surface area (Å²) in [4.78, 5) is 4.53. The van der Waals surface area contributed by atoms with Crippen molar-refractivity contribution in [3.63, 3.8) is 0 Å². The first-order valence-corrected chi connectivity index (χ1v) is 7.18. The summed E-state index contributed by atoms with van der Waals surface area (Å²) in [7, 11) is 1.95. The Morgan fingerprint density at radius 3 is 2.72 bits per heavy atom. The van der Waals surface area contributed by atoms with Crippen LogP contribution in [0.5, 0.6) is 0 Å². The van der Waals surface area contributed by atoms with Gasteiger partial charge >= 0.3 is 0 Å². The Labute approximate surface area is 112 Å². The number of aromatic nitrogens is 3. The van der Waals surface area contributed by atoms with Crippen LogP contribution < -0.4 is 5.32 Å². The van der Waals surface area contributed by atoms with Crippen molar-refractivity contribution in [3.8, 4) is 0 Å². The minimum Gasteiger partial charge on any atom is -0.313 e. The van der Waals surface area contributed by atoms with Gasteiger partial charge in [0.2, 0.25) is 0 Å². The molecule has 18 heavy (non-hydrogen) atoms. The number of aryl methyl sites for hydroxylation is 2. The van der Waals surface area contributed by atoms with Gasteiger partial charge in [-0.1, -0.05) is 6.92 Å². The molecular weight excluding hydrogens is 244 g/mol. The second-order valence-corrected chi connectivity index (χ2v) is 5.56. The van der Waals surface area contributed by atoms with Crippen LogP contribution in [0, 0.1) is 6.92 Å². The zero-order valence-electron chi connectivity index (χ0n) is 11.2. The van der Waals surface area contributed by atoms with E-state index in [1.54, 1.807) is 11.3 Å².